The molecule has 0 atom stereocenters. The van der Waals surface area contributed by atoms with Gasteiger partial charge in [-0.3, -0.25) is 0 Å². The molecule has 20 heavy (non-hydrogen) atoms. The zero-order valence-electron chi connectivity index (χ0n) is 10.5. The van der Waals surface area contributed by atoms with E-state index in [1.165, 1.54) is 6.07 Å². The van der Waals surface area contributed by atoms with Crippen LogP contribution in [0.5, 0.6) is 0 Å². The zero-order valence-corrected chi connectivity index (χ0v) is 11.5. The lowest BCUT2D eigenvalue weighted by atomic mass is 10.2. The standard InChI is InChI=1S/C16H12O3Si/c17-20(18,19)16-13-7-6-12-15(16)11-5-4-10-14-8-2-1-3-9-14/h1-3,6-9,12-13,17-19H. The fourth-order valence-corrected chi connectivity index (χ4v) is 2.44. The van der Waals surface area contributed by atoms with E-state index in [1.54, 1.807) is 18.2 Å². The Morgan fingerprint density at radius 2 is 1.30 bits per heavy atom. The molecule has 2 rings (SSSR count). The van der Waals surface area contributed by atoms with Gasteiger partial charge < -0.3 is 14.4 Å². The fraction of sp³-hybridized carbons (Fsp3) is 0. The van der Waals surface area contributed by atoms with Crippen LogP contribution >= 0.6 is 0 Å². The first-order valence-corrected chi connectivity index (χ1v) is 7.75. The highest BCUT2D eigenvalue weighted by Crippen LogP contribution is 1.99. The van der Waals surface area contributed by atoms with Crippen LogP contribution < -0.4 is 5.19 Å². The summed E-state index contributed by atoms with van der Waals surface area (Å²) >= 11 is 0. The predicted molar refractivity (Wildman–Crippen MR) is 78.7 cm³/mol. The van der Waals surface area contributed by atoms with Crippen molar-refractivity contribution in [2.75, 3.05) is 0 Å². The van der Waals surface area contributed by atoms with E-state index < -0.39 is 8.80 Å². The van der Waals surface area contributed by atoms with E-state index in [1.807, 2.05) is 30.3 Å². The number of hydrogen-bond donors (Lipinski definition) is 3. The van der Waals surface area contributed by atoms with Crippen molar-refractivity contribution in [1.29, 1.82) is 0 Å². The second-order valence-corrected chi connectivity index (χ2v) is 5.86. The van der Waals surface area contributed by atoms with Crippen molar-refractivity contribution < 1.29 is 14.4 Å². The largest absolute Gasteiger partial charge is 0.530 e. The maximum absolute atomic E-state index is 9.35. The van der Waals surface area contributed by atoms with Gasteiger partial charge in [-0.1, -0.05) is 48.2 Å². The molecule has 0 radical (unpaired) electrons. The van der Waals surface area contributed by atoms with Crippen molar-refractivity contribution in [3.05, 3.63) is 65.7 Å². The van der Waals surface area contributed by atoms with Gasteiger partial charge >= 0.3 is 8.80 Å². The highest BCUT2D eigenvalue weighted by Gasteiger charge is 2.32. The number of rotatable bonds is 1. The summed E-state index contributed by atoms with van der Waals surface area (Å²) in [7, 11) is -4.35. The summed E-state index contributed by atoms with van der Waals surface area (Å²) in [5, 5.41) is 0.0639. The summed E-state index contributed by atoms with van der Waals surface area (Å²) < 4.78 is 0. The van der Waals surface area contributed by atoms with Crippen molar-refractivity contribution in [3.8, 4) is 23.7 Å². The molecule has 0 saturated heterocycles. The minimum absolute atomic E-state index is 0.0639. The normalized spacial score (nSPS) is 9.95. The predicted octanol–water partition coefficient (Wildman–Crippen LogP) is 0.213. The summed E-state index contributed by atoms with van der Waals surface area (Å²) in [6, 6.07) is 15.8. The maximum Gasteiger partial charge on any atom is 0.530 e. The topological polar surface area (TPSA) is 60.7 Å². The van der Waals surface area contributed by atoms with Crippen molar-refractivity contribution >= 4 is 14.0 Å². The smallest absolute Gasteiger partial charge is 0.386 e. The summed E-state index contributed by atoms with van der Waals surface area (Å²) in [5.74, 6) is 10.9. The molecular formula is C16H12O3Si. The molecule has 0 amide bonds. The van der Waals surface area contributed by atoms with Gasteiger partial charge in [-0.15, -0.1) is 0 Å². The van der Waals surface area contributed by atoms with Crippen LogP contribution in [0, 0.1) is 23.7 Å². The third-order valence-corrected chi connectivity index (χ3v) is 3.69. The molecule has 0 bridgehead atoms. The lowest BCUT2D eigenvalue weighted by Gasteiger charge is -2.10. The van der Waals surface area contributed by atoms with E-state index in [2.05, 4.69) is 23.7 Å². The van der Waals surface area contributed by atoms with Gasteiger partial charge in [0.1, 0.15) is 0 Å². The Kier molecular flexibility index (Phi) is 4.37. The Bertz CT molecular complexity index is 710. The van der Waals surface area contributed by atoms with Crippen LogP contribution in [-0.2, 0) is 0 Å². The van der Waals surface area contributed by atoms with Gasteiger partial charge in [-0.05, 0) is 30.0 Å². The lowest BCUT2D eigenvalue weighted by molar-refractivity contribution is 0.249. The Morgan fingerprint density at radius 3 is 2.00 bits per heavy atom. The molecule has 3 nitrogen and oxygen atoms in total. The molecule has 0 aliphatic rings. The van der Waals surface area contributed by atoms with Crippen molar-refractivity contribution in [2.45, 2.75) is 0 Å². The first-order chi connectivity index (χ1) is 9.57. The Hall–Kier alpha value is -2.34. The third kappa shape index (κ3) is 3.82. The molecule has 98 valence electrons. The van der Waals surface area contributed by atoms with Crippen molar-refractivity contribution in [3.63, 3.8) is 0 Å². The highest BCUT2D eigenvalue weighted by atomic mass is 28.4. The van der Waals surface area contributed by atoms with Crippen LogP contribution in [0.1, 0.15) is 11.1 Å². The van der Waals surface area contributed by atoms with Gasteiger partial charge in [-0.25, -0.2) is 0 Å². The average molecular weight is 280 g/mol. The molecule has 0 aromatic heterocycles. The highest BCUT2D eigenvalue weighted by molar-refractivity contribution is 6.72. The van der Waals surface area contributed by atoms with Gasteiger partial charge in [0.05, 0.1) is 0 Å². The first-order valence-electron chi connectivity index (χ1n) is 5.91. The monoisotopic (exact) mass is 280 g/mol. The van der Waals surface area contributed by atoms with E-state index >= 15 is 0 Å². The lowest BCUT2D eigenvalue weighted by Crippen LogP contribution is -2.50. The molecule has 0 heterocycles. The molecule has 0 unspecified atom stereocenters. The summed E-state index contributed by atoms with van der Waals surface area (Å²) in [6.07, 6.45) is 0. The summed E-state index contributed by atoms with van der Waals surface area (Å²) in [6.45, 7) is 0. The molecular weight excluding hydrogens is 268 g/mol. The quantitative estimate of drug-likeness (QED) is 0.517. The van der Waals surface area contributed by atoms with Gasteiger partial charge in [-0.2, -0.15) is 0 Å². The van der Waals surface area contributed by atoms with Crippen LogP contribution in [0.2, 0.25) is 0 Å². The second-order valence-electron chi connectivity index (χ2n) is 4.05. The zero-order chi connectivity index (χ0) is 14.4. The van der Waals surface area contributed by atoms with Crippen LogP contribution in [-0.4, -0.2) is 23.2 Å². The van der Waals surface area contributed by atoms with Crippen LogP contribution in [0.15, 0.2) is 54.6 Å². The van der Waals surface area contributed by atoms with Gasteiger partial charge in [0, 0.05) is 16.3 Å². The van der Waals surface area contributed by atoms with E-state index in [-0.39, 0.29) is 5.19 Å². The molecule has 0 aliphatic carbocycles. The first kappa shape index (κ1) is 14.1. The van der Waals surface area contributed by atoms with Gasteiger partial charge in [0.2, 0.25) is 0 Å². The van der Waals surface area contributed by atoms with E-state index in [0.717, 1.165) is 5.56 Å². The minimum atomic E-state index is -4.35. The van der Waals surface area contributed by atoms with Crippen LogP contribution in [0.3, 0.4) is 0 Å². The third-order valence-electron chi connectivity index (χ3n) is 2.53. The Labute approximate surface area is 118 Å². The van der Waals surface area contributed by atoms with Crippen LogP contribution in [0.25, 0.3) is 0 Å². The SMILES string of the molecule is O[Si](O)(O)c1ccccc1C#CC#Cc1ccccc1. The molecule has 0 saturated carbocycles. The fourth-order valence-electron chi connectivity index (χ4n) is 1.61. The second kappa shape index (κ2) is 6.20. The maximum atomic E-state index is 9.35. The molecule has 4 heteroatoms. The van der Waals surface area contributed by atoms with Gasteiger partial charge in [0.25, 0.3) is 0 Å². The molecule has 3 N–H and O–H groups in total. The molecule has 2 aromatic rings. The van der Waals surface area contributed by atoms with Crippen LogP contribution in [0.4, 0.5) is 0 Å². The average Bonchev–Trinajstić information content (AvgIpc) is 2.44. The number of benzene rings is 2. The van der Waals surface area contributed by atoms with E-state index in [4.69, 9.17) is 0 Å². The molecule has 0 aliphatic heterocycles. The molecule has 0 fully saturated rings. The summed E-state index contributed by atoms with van der Waals surface area (Å²) in [4.78, 5) is 28.1. The van der Waals surface area contributed by atoms with Crippen molar-refractivity contribution in [1.82, 2.24) is 0 Å². The summed E-state index contributed by atoms with van der Waals surface area (Å²) in [5.41, 5.74) is 1.22. The van der Waals surface area contributed by atoms with E-state index in [0.29, 0.717) is 5.56 Å². The minimum Gasteiger partial charge on any atom is -0.386 e. The van der Waals surface area contributed by atoms with Crippen molar-refractivity contribution in [2.24, 2.45) is 0 Å². The number of hydrogen-bond acceptors (Lipinski definition) is 3. The Morgan fingerprint density at radius 1 is 0.700 bits per heavy atom. The molecule has 2 aromatic carbocycles. The molecule has 0 spiro atoms. The van der Waals surface area contributed by atoms with Gasteiger partial charge in [0.15, 0.2) is 0 Å². The Balaban J connectivity index is 2.25. The van der Waals surface area contributed by atoms with E-state index in [9.17, 15) is 14.4 Å².